The van der Waals surface area contributed by atoms with Crippen LogP contribution in [0.4, 0.5) is 0 Å². The van der Waals surface area contributed by atoms with Gasteiger partial charge in [-0.15, -0.1) is 0 Å². The first-order chi connectivity index (χ1) is 9.20. The fraction of sp³-hybridized carbons (Fsp3) is 0.625. The quantitative estimate of drug-likeness (QED) is 0.880. The molecule has 1 heterocycles. The number of nitrogens with zero attached hydrogens (tertiary/aromatic N) is 1. The van der Waals surface area contributed by atoms with Gasteiger partial charge in [0.2, 0.25) is 0 Å². The lowest BCUT2D eigenvalue weighted by molar-refractivity contribution is 0.205. The summed E-state index contributed by atoms with van der Waals surface area (Å²) >= 11 is 0. The molecule has 3 heteroatoms. The van der Waals surface area contributed by atoms with Gasteiger partial charge in [0, 0.05) is 19.1 Å². The SMILES string of the molecule is COc1ccc(CCN(C)C2CCCNC2)cc1C. The average Bonchev–Trinajstić information content (AvgIpc) is 2.46. The van der Waals surface area contributed by atoms with Gasteiger partial charge in [0.15, 0.2) is 0 Å². The van der Waals surface area contributed by atoms with Crippen molar-refractivity contribution in [1.29, 1.82) is 0 Å². The molecule has 0 aliphatic carbocycles. The van der Waals surface area contributed by atoms with E-state index in [-0.39, 0.29) is 0 Å². The molecular weight excluding hydrogens is 236 g/mol. The summed E-state index contributed by atoms with van der Waals surface area (Å²) in [6, 6.07) is 7.20. The van der Waals surface area contributed by atoms with Crippen LogP contribution in [0.1, 0.15) is 24.0 Å². The van der Waals surface area contributed by atoms with Crippen LogP contribution >= 0.6 is 0 Å². The second kappa shape index (κ2) is 6.92. The van der Waals surface area contributed by atoms with E-state index in [0.29, 0.717) is 6.04 Å². The third kappa shape index (κ3) is 3.95. The van der Waals surface area contributed by atoms with Gasteiger partial charge < -0.3 is 15.0 Å². The van der Waals surface area contributed by atoms with Crippen LogP contribution in [-0.4, -0.2) is 44.7 Å². The zero-order valence-electron chi connectivity index (χ0n) is 12.4. The molecule has 1 N–H and O–H groups in total. The lowest BCUT2D eigenvalue weighted by Gasteiger charge is -2.31. The molecule has 0 saturated carbocycles. The minimum atomic E-state index is 0.702. The van der Waals surface area contributed by atoms with E-state index in [4.69, 9.17) is 4.74 Å². The molecule has 0 radical (unpaired) electrons. The first-order valence-corrected chi connectivity index (χ1v) is 7.25. The van der Waals surface area contributed by atoms with Gasteiger partial charge in [-0.05, 0) is 57.0 Å². The molecule has 0 spiro atoms. The van der Waals surface area contributed by atoms with Crippen LogP contribution < -0.4 is 10.1 Å². The van der Waals surface area contributed by atoms with E-state index in [1.165, 1.54) is 30.5 Å². The summed E-state index contributed by atoms with van der Waals surface area (Å²) in [6.45, 7) is 5.55. The van der Waals surface area contributed by atoms with Crippen molar-refractivity contribution in [2.45, 2.75) is 32.2 Å². The summed E-state index contributed by atoms with van der Waals surface area (Å²) in [4.78, 5) is 2.49. The Hall–Kier alpha value is -1.06. The Labute approximate surface area is 116 Å². The highest BCUT2D eigenvalue weighted by Gasteiger charge is 2.17. The molecular formula is C16H26N2O. The highest BCUT2D eigenvalue weighted by atomic mass is 16.5. The number of aryl methyl sites for hydroxylation is 1. The Morgan fingerprint density at radius 3 is 2.89 bits per heavy atom. The number of likely N-dealkylation sites (N-methyl/N-ethyl adjacent to an activating group) is 1. The van der Waals surface area contributed by atoms with E-state index in [9.17, 15) is 0 Å². The molecule has 1 aliphatic heterocycles. The molecule has 1 saturated heterocycles. The lowest BCUT2D eigenvalue weighted by Crippen LogP contribution is -2.44. The Morgan fingerprint density at radius 2 is 2.26 bits per heavy atom. The summed E-state index contributed by atoms with van der Waals surface area (Å²) < 4.78 is 5.30. The van der Waals surface area contributed by atoms with E-state index in [2.05, 4.69) is 42.4 Å². The minimum absolute atomic E-state index is 0.702. The number of piperidine rings is 1. The summed E-state index contributed by atoms with van der Waals surface area (Å²) in [5.74, 6) is 0.980. The van der Waals surface area contributed by atoms with Gasteiger partial charge in [0.25, 0.3) is 0 Å². The highest BCUT2D eigenvalue weighted by molar-refractivity contribution is 5.36. The third-order valence-corrected chi connectivity index (χ3v) is 4.11. The largest absolute Gasteiger partial charge is 0.496 e. The van der Waals surface area contributed by atoms with Gasteiger partial charge in [-0.25, -0.2) is 0 Å². The second-order valence-corrected chi connectivity index (χ2v) is 5.53. The van der Waals surface area contributed by atoms with E-state index >= 15 is 0 Å². The first-order valence-electron chi connectivity index (χ1n) is 7.25. The molecule has 3 nitrogen and oxygen atoms in total. The molecule has 1 unspecified atom stereocenters. The number of hydrogen-bond donors (Lipinski definition) is 1. The molecule has 1 aromatic rings. The summed E-state index contributed by atoms with van der Waals surface area (Å²) in [5.41, 5.74) is 2.62. The van der Waals surface area contributed by atoms with Crippen LogP contribution in [0.15, 0.2) is 18.2 Å². The Bertz CT molecular complexity index is 400. The second-order valence-electron chi connectivity index (χ2n) is 5.53. The maximum absolute atomic E-state index is 5.30. The van der Waals surface area contributed by atoms with Gasteiger partial charge in [0.1, 0.15) is 5.75 Å². The summed E-state index contributed by atoms with van der Waals surface area (Å²) in [5, 5.41) is 3.48. The number of rotatable bonds is 5. The highest BCUT2D eigenvalue weighted by Crippen LogP contribution is 2.19. The Balaban J connectivity index is 1.85. The fourth-order valence-electron chi connectivity index (χ4n) is 2.79. The average molecular weight is 262 g/mol. The van der Waals surface area contributed by atoms with Crippen LogP contribution in [0.5, 0.6) is 5.75 Å². The third-order valence-electron chi connectivity index (χ3n) is 4.11. The van der Waals surface area contributed by atoms with Crippen molar-refractivity contribution in [3.8, 4) is 5.75 Å². The zero-order valence-corrected chi connectivity index (χ0v) is 12.4. The van der Waals surface area contributed by atoms with Gasteiger partial charge in [0.05, 0.1) is 7.11 Å². The maximum atomic E-state index is 5.30. The molecule has 2 rings (SSSR count). The summed E-state index contributed by atoms with van der Waals surface area (Å²) in [7, 11) is 3.97. The van der Waals surface area contributed by atoms with Gasteiger partial charge in [-0.1, -0.05) is 12.1 Å². The molecule has 0 bridgehead atoms. The van der Waals surface area contributed by atoms with E-state index in [1.807, 2.05) is 0 Å². The van der Waals surface area contributed by atoms with E-state index in [1.54, 1.807) is 7.11 Å². The van der Waals surface area contributed by atoms with Gasteiger partial charge in [-0.2, -0.15) is 0 Å². The molecule has 1 aromatic carbocycles. The van der Waals surface area contributed by atoms with Crippen molar-refractivity contribution in [2.24, 2.45) is 0 Å². The standard InChI is InChI=1S/C16H26N2O/c1-13-11-14(6-7-16(13)19-3)8-10-18(2)15-5-4-9-17-12-15/h6-7,11,15,17H,4-5,8-10,12H2,1-3H3. The van der Waals surface area contributed by atoms with Crippen molar-refractivity contribution in [3.05, 3.63) is 29.3 Å². The molecule has 1 atom stereocenters. The topological polar surface area (TPSA) is 24.5 Å². The minimum Gasteiger partial charge on any atom is -0.496 e. The first kappa shape index (κ1) is 14.4. The summed E-state index contributed by atoms with van der Waals surface area (Å²) in [6.07, 6.45) is 3.74. The Kier molecular flexibility index (Phi) is 5.23. The molecule has 0 amide bonds. The van der Waals surface area contributed by atoms with Crippen LogP contribution in [0, 0.1) is 6.92 Å². The predicted molar refractivity (Wildman–Crippen MR) is 80.0 cm³/mol. The van der Waals surface area contributed by atoms with Gasteiger partial charge >= 0.3 is 0 Å². The molecule has 19 heavy (non-hydrogen) atoms. The van der Waals surface area contributed by atoms with Crippen LogP contribution in [0.25, 0.3) is 0 Å². The van der Waals surface area contributed by atoms with E-state index < -0.39 is 0 Å². The van der Waals surface area contributed by atoms with Gasteiger partial charge in [-0.3, -0.25) is 0 Å². The van der Waals surface area contributed by atoms with E-state index in [0.717, 1.165) is 25.3 Å². The van der Waals surface area contributed by atoms with Crippen molar-refractivity contribution in [3.63, 3.8) is 0 Å². The van der Waals surface area contributed by atoms with Crippen molar-refractivity contribution < 1.29 is 4.74 Å². The number of hydrogen-bond acceptors (Lipinski definition) is 3. The fourth-order valence-corrected chi connectivity index (χ4v) is 2.79. The van der Waals surface area contributed by atoms with Crippen LogP contribution in [-0.2, 0) is 6.42 Å². The number of methoxy groups -OCH3 is 1. The zero-order chi connectivity index (χ0) is 13.7. The van der Waals surface area contributed by atoms with Crippen molar-refractivity contribution in [2.75, 3.05) is 33.8 Å². The normalized spacial score (nSPS) is 19.7. The lowest BCUT2D eigenvalue weighted by atomic mass is 10.0. The number of ether oxygens (including phenoxy) is 1. The van der Waals surface area contributed by atoms with Crippen molar-refractivity contribution >= 4 is 0 Å². The number of nitrogens with one attached hydrogen (secondary N) is 1. The van der Waals surface area contributed by atoms with Crippen LogP contribution in [0.3, 0.4) is 0 Å². The van der Waals surface area contributed by atoms with Crippen molar-refractivity contribution in [1.82, 2.24) is 10.2 Å². The molecule has 106 valence electrons. The smallest absolute Gasteiger partial charge is 0.121 e. The number of benzene rings is 1. The maximum Gasteiger partial charge on any atom is 0.121 e. The Morgan fingerprint density at radius 1 is 1.42 bits per heavy atom. The molecule has 1 aliphatic rings. The molecule has 0 aromatic heterocycles. The van der Waals surface area contributed by atoms with Crippen LogP contribution in [0.2, 0.25) is 0 Å². The molecule has 1 fully saturated rings. The monoisotopic (exact) mass is 262 g/mol. The predicted octanol–water partition coefficient (Wildman–Crippen LogP) is 2.23.